The zero-order valence-corrected chi connectivity index (χ0v) is 41.4. The van der Waals surface area contributed by atoms with Crippen molar-refractivity contribution >= 4 is 25.7 Å². The summed E-state index contributed by atoms with van der Waals surface area (Å²) in [4.78, 5) is 48.2. The molecule has 0 heterocycles. The minimum atomic E-state index is -4.74. The predicted octanol–water partition coefficient (Wildman–Crippen LogP) is 14.0. The number of ether oxygens (including phenoxy) is 3. The largest absolute Gasteiger partial charge is 0.472 e. The molecule has 0 bridgehead atoms. The van der Waals surface area contributed by atoms with Crippen LogP contribution >= 0.6 is 7.82 Å². The third-order valence-corrected chi connectivity index (χ3v) is 11.4. The van der Waals surface area contributed by atoms with Crippen LogP contribution in [0.3, 0.4) is 0 Å². The summed E-state index contributed by atoms with van der Waals surface area (Å²) in [5, 5.41) is 9.73. The van der Waals surface area contributed by atoms with Gasteiger partial charge >= 0.3 is 25.7 Å². The summed E-state index contributed by atoms with van der Waals surface area (Å²) in [5.41, 5.74) is 0. The van der Waals surface area contributed by atoms with Crippen molar-refractivity contribution < 1.29 is 52.2 Å². The van der Waals surface area contributed by atoms with E-state index in [4.69, 9.17) is 23.3 Å². The topological polar surface area (TPSA) is 155 Å². The van der Waals surface area contributed by atoms with Gasteiger partial charge in [0.05, 0.1) is 19.8 Å². The molecule has 0 spiro atoms. The number of allylic oxidation sites excluding steroid dienone is 10. The average molecular weight is 923 g/mol. The van der Waals surface area contributed by atoms with Crippen LogP contribution in [-0.4, -0.2) is 66.5 Å². The number of hydrogen-bond donors (Lipinski definition) is 2. The van der Waals surface area contributed by atoms with Gasteiger partial charge in [-0.2, -0.15) is 0 Å². The van der Waals surface area contributed by atoms with Crippen molar-refractivity contribution in [1.82, 2.24) is 0 Å². The molecular formula is C52H91O11P. The normalized spacial score (nSPS) is 14.0. The standard InChI is InChI=1S/C52H91O11P/c1-4-7-10-13-16-19-21-23-24-26-27-30-32-35-38-41-50(54)59-45-49(63-52(56)43-40-37-34-31-28-25-22-20-17-14-11-8-5-2)47-61-64(57,58)60-46-48(44-53)62-51(55)42-39-36-33-29-18-15-12-9-6-3/h8,11,16-17,19-20,23-25,28,48-49,53H,4-7,9-10,12-15,18,21-22,26-27,29-47H2,1-3H3,(H,57,58)/b11-8-,19-16-,20-17-,24-23-,28-25-. The highest BCUT2D eigenvalue weighted by molar-refractivity contribution is 7.47. The van der Waals surface area contributed by atoms with Gasteiger partial charge in [0.2, 0.25) is 0 Å². The molecule has 0 aliphatic rings. The maximum absolute atomic E-state index is 12.8. The first-order valence-electron chi connectivity index (χ1n) is 25.2. The van der Waals surface area contributed by atoms with Crippen molar-refractivity contribution in [3.63, 3.8) is 0 Å². The Morgan fingerprint density at radius 2 is 0.812 bits per heavy atom. The van der Waals surface area contributed by atoms with Gasteiger partial charge in [0.1, 0.15) is 12.7 Å². The summed E-state index contributed by atoms with van der Waals surface area (Å²) in [5.74, 6) is -1.52. The second-order valence-electron chi connectivity index (χ2n) is 16.6. The maximum atomic E-state index is 12.8. The number of aliphatic hydroxyl groups excluding tert-OH is 1. The Balaban J connectivity index is 4.81. The summed E-state index contributed by atoms with van der Waals surface area (Å²) in [6, 6.07) is 0. The Hall–Kier alpha value is -2.82. The van der Waals surface area contributed by atoms with E-state index in [1.54, 1.807) is 0 Å². The molecule has 3 unspecified atom stereocenters. The molecule has 0 saturated heterocycles. The van der Waals surface area contributed by atoms with E-state index in [0.29, 0.717) is 19.3 Å². The SMILES string of the molecule is CC/C=C\C/C=C\C/C=C\CCCCCC(=O)OC(COC(=O)CCCCCCC/C=C\C/C=C\CCCCC)COP(=O)(O)OCC(CO)OC(=O)CCCCCCCCCCC. The molecule has 0 aliphatic heterocycles. The van der Waals surface area contributed by atoms with Crippen LogP contribution in [0.2, 0.25) is 0 Å². The Bertz CT molecular complexity index is 1310. The van der Waals surface area contributed by atoms with Crippen molar-refractivity contribution in [2.24, 2.45) is 0 Å². The molecule has 0 aromatic heterocycles. The molecule has 0 amide bonds. The third kappa shape index (κ3) is 44.4. The summed E-state index contributed by atoms with van der Waals surface area (Å²) >= 11 is 0. The van der Waals surface area contributed by atoms with Gasteiger partial charge in [-0.3, -0.25) is 23.4 Å². The molecule has 0 radical (unpaired) electrons. The molecule has 0 aromatic rings. The van der Waals surface area contributed by atoms with Gasteiger partial charge in [-0.1, -0.05) is 171 Å². The number of carbonyl (C=O) groups is 3. The van der Waals surface area contributed by atoms with Gasteiger partial charge < -0.3 is 24.2 Å². The van der Waals surface area contributed by atoms with E-state index < -0.39 is 57.8 Å². The second kappa shape index (κ2) is 46.7. The molecule has 0 aromatic carbocycles. The van der Waals surface area contributed by atoms with Crippen molar-refractivity contribution in [2.75, 3.05) is 26.4 Å². The summed E-state index contributed by atoms with van der Waals surface area (Å²) in [6.07, 6.45) is 47.7. The number of phosphoric acid groups is 1. The lowest BCUT2D eigenvalue weighted by molar-refractivity contribution is -0.161. The van der Waals surface area contributed by atoms with Crippen LogP contribution in [0.1, 0.15) is 213 Å². The zero-order chi connectivity index (χ0) is 47.0. The van der Waals surface area contributed by atoms with Gasteiger partial charge in [-0.25, -0.2) is 4.57 Å². The molecular weight excluding hydrogens is 832 g/mol. The monoisotopic (exact) mass is 923 g/mol. The lowest BCUT2D eigenvalue weighted by Crippen LogP contribution is -2.30. The van der Waals surface area contributed by atoms with E-state index in [9.17, 15) is 28.9 Å². The summed E-state index contributed by atoms with van der Waals surface area (Å²) in [7, 11) is -4.74. The highest BCUT2D eigenvalue weighted by Crippen LogP contribution is 2.43. The Morgan fingerprint density at radius 3 is 1.30 bits per heavy atom. The molecule has 2 N–H and O–H groups in total. The highest BCUT2D eigenvalue weighted by Gasteiger charge is 2.28. The number of esters is 3. The first-order valence-corrected chi connectivity index (χ1v) is 26.7. The van der Waals surface area contributed by atoms with Crippen molar-refractivity contribution in [2.45, 2.75) is 226 Å². The van der Waals surface area contributed by atoms with Crippen molar-refractivity contribution in [3.05, 3.63) is 60.8 Å². The van der Waals surface area contributed by atoms with E-state index in [0.717, 1.165) is 103 Å². The average Bonchev–Trinajstić information content (AvgIpc) is 3.28. The van der Waals surface area contributed by atoms with Crippen LogP contribution in [0.15, 0.2) is 60.8 Å². The zero-order valence-electron chi connectivity index (χ0n) is 40.5. The third-order valence-electron chi connectivity index (χ3n) is 10.4. The minimum Gasteiger partial charge on any atom is -0.462 e. The summed E-state index contributed by atoms with van der Waals surface area (Å²) < 4.78 is 39.2. The molecule has 12 heteroatoms. The van der Waals surface area contributed by atoms with Crippen LogP contribution in [0, 0.1) is 0 Å². The Labute approximate surface area is 389 Å². The predicted molar refractivity (Wildman–Crippen MR) is 261 cm³/mol. The number of phosphoric ester groups is 1. The number of aliphatic hydroxyl groups is 1. The fourth-order valence-corrected chi connectivity index (χ4v) is 7.36. The molecule has 0 fully saturated rings. The molecule has 11 nitrogen and oxygen atoms in total. The van der Waals surface area contributed by atoms with Crippen LogP contribution in [0.25, 0.3) is 0 Å². The minimum absolute atomic E-state index is 0.129. The quantitative estimate of drug-likeness (QED) is 0.0197. The molecule has 0 rings (SSSR count). The van der Waals surface area contributed by atoms with E-state index in [2.05, 4.69) is 81.5 Å². The molecule has 64 heavy (non-hydrogen) atoms. The maximum Gasteiger partial charge on any atom is 0.472 e. The summed E-state index contributed by atoms with van der Waals surface area (Å²) in [6.45, 7) is 4.41. The molecule has 370 valence electrons. The van der Waals surface area contributed by atoms with Crippen molar-refractivity contribution in [1.29, 1.82) is 0 Å². The second-order valence-corrected chi connectivity index (χ2v) is 18.1. The van der Waals surface area contributed by atoms with Gasteiger partial charge in [0.15, 0.2) is 6.10 Å². The van der Waals surface area contributed by atoms with Gasteiger partial charge in [0.25, 0.3) is 0 Å². The van der Waals surface area contributed by atoms with Gasteiger partial charge in [-0.15, -0.1) is 0 Å². The van der Waals surface area contributed by atoms with Gasteiger partial charge in [-0.05, 0) is 83.5 Å². The van der Waals surface area contributed by atoms with Crippen LogP contribution in [0.4, 0.5) is 0 Å². The van der Waals surface area contributed by atoms with E-state index >= 15 is 0 Å². The van der Waals surface area contributed by atoms with Crippen LogP contribution < -0.4 is 0 Å². The lowest BCUT2D eigenvalue weighted by Gasteiger charge is -2.21. The molecule has 3 atom stereocenters. The Morgan fingerprint density at radius 1 is 0.453 bits per heavy atom. The first-order chi connectivity index (χ1) is 31.2. The highest BCUT2D eigenvalue weighted by atomic mass is 31.2. The Kier molecular flexibility index (Phi) is 44.6. The fourth-order valence-electron chi connectivity index (χ4n) is 6.58. The molecule has 0 aliphatic carbocycles. The first kappa shape index (κ1) is 61.2. The van der Waals surface area contributed by atoms with Gasteiger partial charge in [0, 0.05) is 19.3 Å². The number of carbonyl (C=O) groups excluding carboxylic acids is 3. The van der Waals surface area contributed by atoms with E-state index in [1.807, 2.05) is 0 Å². The molecule has 0 saturated carbocycles. The van der Waals surface area contributed by atoms with E-state index in [1.165, 1.54) is 51.4 Å². The van der Waals surface area contributed by atoms with Crippen molar-refractivity contribution in [3.8, 4) is 0 Å². The fraction of sp³-hybridized carbons (Fsp3) is 0.750. The van der Waals surface area contributed by atoms with Crippen LogP contribution in [-0.2, 0) is 42.2 Å². The van der Waals surface area contributed by atoms with E-state index in [-0.39, 0.29) is 25.9 Å². The smallest absolute Gasteiger partial charge is 0.462 e. The number of rotatable bonds is 46. The number of hydrogen-bond acceptors (Lipinski definition) is 10. The lowest BCUT2D eigenvalue weighted by atomic mass is 10.1. The number of unbranched alkanes of at least 4 members (excludes halogenated alkanes) is 19. The van der Waals surface area contributed by atoms with Crippen LogP contribution in [0.5, 0.6) is 0 Å².